The molecular weight excluding hydrogens is 266 g/mol. The SMILES string of the molecule is C1=CC=CPPPC=C1.[Ru]. The summed E-state index contributed by atoms with van der Waals surface area (Å²) in [5, 5.41) is 0. The van der Waals surface area contributed by atoms with E-state index in [9.17, 15) is 0 Å². The molecular formula is C6H9P3Ru. The maximum Gasteiger partial charge on any atom is 0 e. The molecule has 0 aromatic carbocycles. The molecule has 0 fully saturated rings. The molecule has 0 amide bonds. The average Bonchev–Trinajstić information content (AvgIpc) is 2.00. The van der Waals surface area contributed by atoms with Crippen LogP contribution in [0.5, 0.6) is 0 Å². The molecule has 0 nitrogen and oxygen atoms in total. The zero-order valence-corrected chi connectivity index (χ0v) is 10.1. The summed E-state index contributed by atoms with van der Waals surface area (Å²) in [4.78, 5) is 0. The van der Waals surface area contributed by atoms with Gasteiger partial charge in [0.05, 0.1) is 0 Å². The van der Waals surface area contributed by atoms with E-state index >= 15 is 0 Å². The van der Waals surface area contributed by atoms with Gasteiger partial charge in [0.2, 0.25) is 0 Å². The van der Waals surface area contributed by atoms with Crippen LogP contribution >= 0.6 is 24.5 Å². The molecule has 0 aromatic heterocycles. The Bertz CT molecular complexity index is 135. The van der Waals surface area contributed by atoms with Gasteiger partial charge in [0.25, 0.3) is 0 Å². The molecule has 0 N–H and O–H groups in total. The van der Waals surface area contributed by atoms with Crippen LogP contribution in [-0.2, 0) is 19.5 Å². The summed E-state index contributed by atoms with van der Waals surface area (Å²) in [5.74, 6) is 4.52. The summed E-state index contributed by atoms with van der Waals surface area (Å²) in [7, 11) is 3.21. The molecule has 1 rings (SSSR count). The van der Waals surface area contributed by atoms with Gasteiger partial charge in [-0.15, -0.1) is 0 Å². The average molecular weight is 275 g/mol. The summed E-state index contributed by atoms with van der Waals surface area (Å²) in [6, 6.07) is 0. The van der Waals surface area contributed by atoms with Crippen molar-refractivity contribution in [3.63, 3.8) is 0 Å². The van der Waals surface area contributed by atoms with Crippen molar-refractivity contribution in [3.8, 4) is 0 Å². The van der Waals surface area contributed by atoms with Gasteiger partial charge in [-0.1, -0.05) is 60.4 Å². The van der Waals surface area contributed by atoms with Gasteiger partial charge in [-0.3, -0.25) is 0 Å². The Hall–Kier alpha value is 1.13. The van der Waals surface area contributed by atoms with Gasteiger partial charge in [0.15, 0.2) is 0 Å². The molecule has 0 saturated carbocycles. The van der Waals surface area contributed by atoms with Crippen molar-refractivity contribution < 1.29 is 19.5 Å². The van der Waals surface area contributed by atoms with Crippen LogP contribution in [0, 0.1) is 0 Å². The van der Waals surface area contributed by atoms with Gasteiger partial charge in [-0.2, -0.15) is 0 Å². The Balaban J connectivity index is 0.000000810. The fraction of sp³-hybridized carbons (Fsp3) is 0. The van der Waals surface area contributed by atoms with E-state index in [1.54, 1.807) is 0 Å². The first-order valence-corrected chi connectivity index (χ1v) is 7.90. The van der Waals surface area contributed by atoms with E-state index in [1.807, 2.05) is 0 Å². The number of rotatable bonds is 0. The van der Waals surface area contributed by atoms with Gasteiger partial charge in [-0.25, -0.2) is 0 Å². The smallest absolute Gasteiger partial charge is 0 e. The van der Waals surface area contributed by atoms with Crippen LogP contribution < -0.4 is 0 Å². The fourth-order valence-electron chi connectivity index (χ4n) is 0.461. The molecule has 1 aliphatic rings. The molecule has 0 saturated heterocycles. The molecule has 0 spiro atoms. The zero-order chi connectivity index (χ0) is 6.36. The minimum Gasteiger partial charge on any atom is -0.0713 e. The Morgan fingerprint density at radius 3 is 1.70 bits per heavy atom. The van der Waals surface area contributed by atoms with Crippen LogP contribution in [0.25, 0.3) is 0 Å². The third kappa shape index (κ3) is 5.88. The van der Waals surface area contributed by atoms with E-state index in [0.29, 0.717) is 0 Å². The molecule has 1 aliphatic heterocycles. The van der Waals surface area contributed by atoms with E-state index < -0.39 is 0 Å². The molecule has 2 unspecified atom stereocenters. The first-order valence-electron chi connectivity index (χ1n) is 2.74. The van der Waals surface area contributed by atoms with E-state index in [4.69, 9.17) is 0 Å². The fourth-order valence-corrected chi connectivity index (χ4v) is 4.70. The van der Waals surface area contributed by atoms with Gasteiger partial charge < -0.3 is 0 Å². The van der Waals surface area contributed by atoms with Crippen LogP contribution in [0.1, 0.15) is 0 Å². The van der Waals surface area contributed by atoms with E-state index in [2.05, 4.69) is 35.9 Å². The first-order chi connectivity index (χ1) is 4.50. The molecule has 1 heterocycles. The predicted molar refractivity (Wildman–Crippen MR) is 52.4 cm³/mol. The molecule has 0 aromatic rings. The predicted octanol–water partition coefficient (Wildman–Crippen LogP) is 3.45. The van der Waals surface area contributed by atoms with Crippen molar-refractivity contribution in [1.82, 2.24) is 0 Å². The number of allylic oxidation sites excluding steroid dienone is 4. The van der Waals surface area contributed by atoms with Gasteiger partial charge in [0, 0.05) is 19.5 Å². The second kappa shape index (κ2) is 8.23. The largest absolute Gasteiger partial charge is 0.0713 e. The van der Waals surface area contributed by atoms with Crippen molar-refractivity contribution in [2.45, 2.75) is 0 Å². The third-order valence-electron chi connectivity index (χ3n) is 0.837. The van der Waals surface area contributed by atoms with Crippen LogP contribution in [0.2, 0.25) is 0 Å². The summed E-state index contributed by atoms with van der Waals surface area (Å²) in [6.45, 7) is 0. The normalized spacial score (nSPS) is 24.0. The van der Waals surface area contributed by atoms with Crippen molar-refractivity contribution >= 4 is 24.5 Å². The van der Waals surface area contributed by atoms with E-state index in [-0.39, 0.29) is 19.5 Å². The Morgan fingerprint density at radius 1 is 0.700 bits per heavy atom. The number of hydrogen-bond acceptors (Lipinski definition) is 0. The minimum absolute atomic E-state index is 0. The molecule has 4 heteroatoms. The summed E-state index contributed by atoms with van der Waals surface area (Å²) >= 11 is 0. The maximum atomic E-state index is 2.26. The molecule has 0 aliphatic carbocycles. The first kappa shape index (κ1) is 11.1. The Labute approximate surface area is 79.9 Å². The third-order valence-corrected chi connectivity index (χ3v) is 6.31. The monoisotopic (exact) mass is 276 g/mol. The van der Waals surface area contributed by atoms with Crippen molar-refractivity contribution in [3.05, 3.63) is 35.9 Å². The standard InChI is InChI=1S/C6H9P3.Ru/c1-2-4-6-8-9-7-5-3-1;/h1-9H;. The molecule has 2 atom stereocenters. The van der Waals surface area contributed by atoms with Gasteiger partial charge in [0.1, 0.15) is 0 Å². The summed E-state index contributed by atoms with van der Waals surface area (Å²) < 4.78 is 0. The second-order valence-electron chi connectivity index (χ2n) is 1.52. The zero-order valence-electron chi connectivity index (χ0n) is 5.32. The van der Waals surface area contributed by atoms with Crippen molar-refractivity contribution in [2.75, 3.05) is 0 Å². The topological polar surface area (TPSA) is 0 Å². The van der Waals surface area contributed by atoms with Gasteiger partial charge in [-0.05, 0) is 0 Å². The van der Waals surface area contributed by atoms with Crippen LogP contribution in [0.4, 0.5) is 0 Å². The van der Waals surface area contributed by atoms with Crippen LogP contribution in [0.15, 0.2) is 35.9 Å². The minimum atomic E-state index is 0. The van der Waals surface area contributed by atoms with E-state index in [1.165, 1.54) is 0 Å². The van der Waals surface area contributed by atoms with Crippen LogP contribution in [0.3, 0.4) is 0 Å². The molecule has 0 bridgehead atoms. The molecule has 0 radical (unpaired) electrons. The summed E-state index contributed by atoms with van der Waals surface area (Å²) in [5.41, 5.74) is 0. The second-order valence-corrected chi connectivity index (χ2v) is 7.74. The summed E-state index contributed by atoms with van der Waals surface area (Å²) in [6.07, 6.45) is 8.44. The maximum absolute atomic E-state index is 2.26. The van der Waals surface area contributed by atoms with Crippen molar-refractivity contribution in [1.29, 1.82) is 0 Å². The molecule has 56 valence electrons. The van der Waals surface area contributed by atoms with Crippen LogP contribution in [-0.4, -0.2) is 0 Å². The van der Waals surface area contributed by atoms with Gasteiger partial charge >= 0.3 is 0 Å². The Kier molecular flexibility index (Phi) is 9.17. The van der Waals surface area contributed by atoms with E-state index in [0.717, 1.165) is 24.5 Å². The van der Waals surface area contributed by atoms with Crippen molar-refractivity contribution in [2.24, 2.45) is 0 Å². The Morgan fingerprint density at radius 2 is 1.20 bits per heavy atom. The molecule has 10 heavy (non-hydrogen) atoms. The quantitative estimate of drug-likeness (QED) is 0.469. The number of hydrogen-bond donors (Lipinski definition) is 0.